The lowest BCUT2D eigenvalue weighted by molar-refractivity contribution is 0.0963. The Morgan fingerprint density at radius 1 is 1.26 bits per heavy atom. The van der Waals surface area contributed by atoms with E-state index in [1.165, 1.54) is 0 Å². The summed E-state index contributed by atoms with van der Waals surface area (Å²) in [5, 5.41) is 15.0. The second-order valence-electron chi connectivity index (χ2n) is 4.69. The number of nitrogens with one attached hydrogen (secondary N) is 2. The van der Waals surface area contributed by atoms with Crippen LogP contribution in [0.4, 0.5) is 5.69 Å². The maximum atomic E-state index is 11.6. The van der Waals surface area contributed by atoms with Gasteiger partial charge in [0.05, 0.1) is 22.3 Å². The highest BCUT2D eigenvalue weighted by Gasteiger charge is 2.07. The molecule has 0 atom stereocenters. The van der Waals surface area contributed by atoms with E-state index in [1.807, 2.05) is 0 Å². The van der Waals surface area contributed by atoms with Crippen LogP contribution in [0.15, 0.2) is 42.5 Å². The molecule has 0 radical (unpaired) electrons. The van der Waals surface area contributed by atoms with Crippen LogP contribution < -0.4 is 15.4 Å². The molecule has 0 aliphatic rings. The van der Waals surface area contributed by atoms with E-state index in [0.717, 1.165) is 0 Å². The summed E-state index contributed by atoms with van der Waals surface area (Å²) in [5.41, 5.74) is 1.80. The van der Waals surface area contributed by atoms with Gasteiger partial charge < -0.3 is 15.4 Å². The lowest BCUT2D eigenvalue weighted by Gasteiger charge is -2.11. The summed E-state index contributed by atoms with van der Waals surface area (Å²) in [5.74, 6) is 0.523. The lowest BCUT2D eigenvalue weighted by atomic mass is 10.2. The van der Waals surface area contributed by atoms with Crippen molar-refractivity contribution in [3.05, 3.63) is 58.6 Å². The number of rotatable bonds is 6. The Kier molecular flexibility index (Phi) is 5.84. The van der Waals surface area contributed by atoms with Crippen molar-refractivity contribution in [1.29, 1.82) is 5.26 Å². The van der Waals surface area contributed by atoms with Crippen molar-refractivity contribution in [1.82, 2.24) is 5.32 Å². The SMILES string of the molecule is CNC(=O)c1ccc(Cl)c(NCCOc2ccc(C#N)cc2)c1. The molecule has 6 heteroatoms. The molecule has 0 aromatic heterocycles. The molecule has 0 saturated heterocycles. The van der Waals surface area contributed by atoms with Crippen molar-refractivity contribution in [2.45, 2.75) is 0 Å². The average molecular weight is 330 g/mol. The topological polar surface area (TPSA) is 74.2 Å². The summed E-state index contributed by atoms with van der Waals surface area (Å²) in [6, 6.07) is 14.0. The van der Waals surface area contributed by atoms with Gasteiger partial charge in [0.15, 0.2) is 0 Å². The largest absolute Gasteiger partial charge is 0.492 e. The highest BCUT2D eigenvalue weighted by Crippen LogP contribution is 2.23. The first kappa shape index (κ1) is 16.7. The Balaban J connectivity index is 1.88. The third-order valence-corrected chi connectivity index (χ3v) is 3.45. The van der Waals surface area contributed by atoms with Crippen molar-refractivity contribution >= 4 is 23.2 Å². The van der Waals surface area contributed by atoms with E-state index in [0.29, 0.717) is 40.7 Å². The van der Waals surface area contributed by atoms with E-state index in [2.05, 4.69) is 16.7 Å². The Morgan fingerprint density at radius 2 is 2.00 bits per heavy atom. The van der Waals surface area contributed by atoms with Crippen LogP contribution in [0.25, 0.3) is 0 Å². The lowest BCUT2D eigenvalue weighted by Crippen LogP contribution is -2.18. The fraction of sp³-hybridized carbons (Fsp3) is 0.176. The number of nitriles is 1. The summed E-state index contributed by atoms with van der Waals surface area (Å²) in [4.78, 5) is 11.6. The molecule has 0 fully saturated rings. The van der Waals surface area contributed by atoms with Crippen LogP contribution in [0.1, 0.15) is 15.9 Å². The van der Waals surface area contributed by atoms with Gasteiger partial charge >= 0.3 is 0 Å². The number of benzene rings is 2. The number of amides is 1. The van der Waals surface area contributed by atoms with Crippen LogP contribution in [-0.2, 0) is 0 Å². The Labute approximate surface area is 139 Å². The Hall–Kier alpha value is -2.71. The monoisotopic (exact) mass is 329 g/mol. The first-order valence-corrected chi connectivity index (χ1v) is 7.40. The molecular formula is C17H16ClN3O2. The van der Waals surface area contributed by atoms with Gasteiger partial charge in [-0.25, -0.2) is 0 Å². The predicted molar refractivity (Wildman–Crippen MR) is 90.0 cm³/mol. The predicted octanol–water partition coefficient (Wildman–Crippen LogP) is 3.06. The quantitative estimate of drug-likeness (QED) is 0.799. The third-order valence-electron chi connectivity index (χ3n) is 3.13. The van der Waals surface area contributed by atoms with Gasteiger partial charge in [0.1, 0.15) is 12.4 Å². The summed E-state index contributed by atoms with van der Waals surface area (Å²) in [6.45, 7) is 0.948. The van der Waals surface area contributed by atoms with Gasteiger partial charge in [-0.2, -0.15) is 5.26 Å². The summed E-state index contributed by atoms with van der Waals surface area (Å²) in [7, 11) is 1.58. The molecule has 0 unspecified atom stereocenters. The maximum Gasteiger partial charge on any atom is 0.251 e. The average Bonchev–Trinajstić information content (AvgIpc) is 2.60. The smallest absolute Gasteiger partial charge is 0.251 e. The van der Waals surface area contributed by atoms with Gasteiger partial charge in [0.2, 0.25) is 0 Å². The molecule has 2 aromatic rings. The molecular weight excluding hydrogens is 314 g/mol. The maximum absolute atomic E-state index is 11.6. The fourth-order valence-corrected chi connectivity index (χ4v) is 2.11. The molecule has 2 aromatic carbocycles. The van der Waals surface area contributed by atoms with Crippen molar-refractivity contribution < 1.29 is 9.53 Å². The molecule has 2 N–H and O–H groups in total. The summed E-state index contributed by atoms with van der Waals surface area (Å²) >= 11 is 6.11. The molecule has 0 aliphatic carbocycles. The zero-order chi connectivity index (χ0) is 16.7. The molecule has 0 aliphatic heterocycles. The first-order chi connectivity index (χ1) is 11.1. The minimum Gasteiger partial charge on any atom is -0.492 e. The zero-order valence-corrected chi connectivity index (χ0v) is 13.4. The van der Waals surface area contributed by atoms with Gasteiger partial charge in [-0.05, 0) is 42.5 Å². The molecule has 0 saturated carbocycles. The summed E-state index contributed by atoms with van der Waals surface area (Å²) < 4.78 is 5.57. The third kappa shape index (κ3) is 4.63. The molecule has 118 valence electrons. The fourth-order valence-electron chi connectivity index (χ4n) is 1.93. The molecule has 1 amide bonds. The van der Waals surface area contributed by atoms with Gasteiger partial charge in [-0.3, -0.25) is 4.79 Å². The molecule has 0 spiro atoms. The minimum absolute atomic E-state index is 0.168. The van der Waals surface area contributed by atoms with Gasteiger partial charge in [-0.15, -0.1) is 0 Å². The second kappa shape index (κ2) is 8.06. The van der Waals surface area contributed by atoms with Crippen molar-refractivity contribution in [3.63, 3.8) is 0 Å². The van der Waals surface area contributed by atoms with Crippen LogP contribution in [0.3, 0.4) is 0 Å². The van der Waals surface area contributed by atoms with E-state index in [9.17, 15) is 4.79 Å². The number of nitrogens with zero attached hydrogens (tertiary/aromatic N) is 1. The number of halogens is 1. The minimum atomic E-state index is -0.168. The number of anilines is 1. The highest BCUT2D eigenvalue weighted by molar-refractivity contribution is 6.33. The highest BCUT2D eigenvalue weighted by atomic mass is 35.5. The van der Waals surface area contributed by atoms with E-state index in [4.69, 9.17) is 21.6 Å². The van der Waals surface area contributed by atoms with E-state index in [1.54, 1.807) is 49.5 Å². The van der Waals surface area contributed by atoms with Gasteiger partial charge in [-0.1, -0.05) is 11.6 Å². The Bertz CT molecular complexity index is 724. The standard InChI is InChI=1S/C17H16ClN3O2/c1-20-17(22)13-4-7-15(18)16(10-13)21-8-9-23-14-5-2-12(11-19)3-6-14/h2-7,10,21H,8-9H2,1H3,(H,20,22). The first-order valence-electron chi connectivity index (χ1n) is 7.02. The molecule has 0 bridgehead atoms. The number of carbonyl (C=O) groups excluding carboxylic acids is 1. The second-order valence-corrected chi connectivity index (χ2v) is 5.09. The molecule has 23 heavy (non-hydrogen) atoms. The number of hydrogen-bond acceptors (Lipinski definition) is 4. The normalized spacial score (nSPS) is 9.78. The Morgan fingerprint density at radius 3 is 2.65 bits per heavy atom. The van der Waals surface area contributed by atoms with Crippen LogP contribution in [0, 0.1) is 11.3 Å². The van der Waals surface area contributed by atoms with Crippen molar-refractivity contribution in [2.24, 2.45) is 0 Å². The van der Waals surface area contributed by atoms with Crippen LogP contribution in [0.2, 0.25) is 5.02 Å². The van der Waals surface area contributed by atoms with Crippen LogP contribution in [0.5, 0.6) is 5.75 Å². The summed E-state index contributed by atoms with van der Waals surface area (Å²) in [6.07, 6.45) is 0. The van der Waals surface area contributed by atoms with Crippen molar-refractivity contribution in [2.75, 3.05) is 25.5 Å². The van der Waals surface area contributed by atoms with Crippen LogP contribution >= 0.6 is 11.6 Å². The number of carbonyl (C=O) groups is 1. The van der Waals surface area contributed by atoms with Gasteiger partial charge in [0.25, 0.3) is 5.91 Å². The van der Waals surface area contributed by atoms with Crippen molar-refractivity contribution in [3.8, 4) is 11.8 Å². The van der Waals surface area contributed by atoms with E-state index < -0.39 is 0 Å². The van der Waals surface area contributed by atoms with E-state index in [-0.39, 0.29) is 5.91 Å². The zero-order valence-electron chi connectivity index (χ0n) is 12.6. The van der Waals surface area contributed by atoms with E-state index >= 15 is 0 Å². The number of ether oxygens (including phenoxy) is 1. The molecule has 5 nitrogen and oxygen atoms in total. The van der Waals surface area contributed by atoms with Crippen LogP contribution in [-0.4, -0.2) is 26.1 Å². The van der Waals surface area contributed by atoms with Gasteiger partial charge in [0, 0.05) is 19.2 Å². The molecule has 0 heterocycles. The number of hydrogen-bond donors (Lipinski definition) is 2. The molecule has 2 rings (SSSR count).